The van der Waals surface area contributed by atoms with Gasteiger partial charge in [0.15, 0.2) is 0 Å². The summed E-state index contributed by atoms with van der Waals surface area (Å²) in [7, 11) is 2.08. The van der Waals surface area contributed by atoms with Gasteiger partial charge in [-0.1, -0.05) is 19.3 Å². The Hall–Kier alpha value is -0.310. The third kappa shape index (κ3) is 1.80. The first-order chi connectivity index (χ1) is 6.29. The van der Waals surface area contributed by atoms with Gasteiger partial charge in [0, 0.05) is 13.0 Å². The zero-order chi connectivity index (χ0) is 9.26. The van der Waals surface area contributed by atoms with Gasteiger partial charge in [-0.15, -0.1) is 0 Å². The van der Waals surface area contributed by atoms with Gasteiger partial charge in [-0.05, 0) is 28.8 Å². The van der Waals surface area contributed by atoms with Gasteiger partial charge in [-0.3, -0.25) is 0 Å². The summed E-state index contributed by atoms with van der Waals surface area (Å²) in [5, 5.41) is 0. The molecule has 1 fully saturated rings. The highest BCUT2D eigenvalue weighted by Gasteiger charge is 2.19. The lowest BCUT2D eigenvalue weighted by molar-refractivity contribution is 0.421. The molecule has 0 amide bonds. The van der Waals surface area contributed by atoms with Crippen molar-refractivity contribution in [1.82, 2.24) is 9.55 Å². The zero-order valence-electron chi connectivity index (χ0n) is 7.96. The van der Waals surface area contributed by atoms with E-state index in [4.69, 9.17) is 0 Å². The van der Waals surface area contributed by atoms with E-state index >= 15 is 0 Å². The molecule has 1 saturated carbocycles. The third-order valence-electron chi connectivity index (χ3n) is 2.94. The van der Waals surface area contributed by atoms with Crippen LogP contribution in [0.15, 0.2) is 10.8 Å². The molecular formula is C10H15BrN2. The van der Waals surface area contributed by atoms with E-state index in [2.05, 4.69) is 32.5 Å². The second-order valence-electron chi connectivity index (χ2n) is 3.83. The summed E-state index contributed by atoms with van der Waals surface area (Å²) in [5.74, 6) is 1.96. The molecule has 0 bridgehead atoms. The van der Waals surface area contributed by atoms with Crippen LogP contribution in [0.4, 0.5) is 0 Å². The van der Waals surface area contributed by atoms with Gasteiger partial charge in [0.25, 0.3) is 0 Å². The summed E-state index contributed by atoms with van der Waals surface area (Å²) in [6.45, 7) is 0. The van der Waals surface area contributed by atoms with Crippen molar-refractivity contribution in [1.29, 1.82) is 0 Å². The van der Waals surface area contributed by atoms with Gasteiger partial charge in [0.2, 0.25) is 0 Å². The fraction of sp³-hybridized carbons (Fsp3) is 0.700. The van der Waals surface area contributed by atoms with Crippen molar-refractivity contribution in [3.05, 3.63) is 16.6 Å². The molecule has 1 aromatic rings. The molecule has 13 heavy (non-hydrogen) atoms. The normalized spacial score (nSPS) is 19.2. The molecule has 1 aliphatic rings. The molecule has 0 aliphatic heterocycles. The number of nitrogens with zero attached hydrogens (tertiary/aromatic N) is 2. The monoisotopic (exact) mass is 242 g/mol. The van der Waals surface area contributed by atoms with Crippen LogP contribution >= 0.6 is 15.9 Å². The van der Waals surface area contributed by atoms with Crippen molar-refractivity contribution in [2.45, 2.75) is 38.0 Å². The first-order valence-corrected chi connectivity index (χ1v) is 5.75. The van der Waals surface area contributed by atoms with Crippen LogP contribution in [0.5, 0.6) is 0 Å². The predicted octanol–water partition coefficient (Wildman–Crippen LogP) is 3.23. The summed E-state index contributed by atoms with van der Waals surface area (Å²) < 4.78 is 3.25. The minimum absolute atomic E-state index is 0.699. The van der Waals surface area contributed by atoms with Gasteiger partial charge < -0.3 is 4.57 Å². The minimum atomic E-state index is 0.699. The van der Waals surface area contributed by atoms with Crippen molar-refractivity contribution in [3.8, 4) is 0 Å². The fourth-order valence-electron chi connectivity index (χ4n) is 2.14. The number of aromatic nitrogens is 2. The van der Waals surface area contributed by atoms with Crippen LogP contribution in [0.2, 0.25) is 0 Å². The summed E-state index contributed by atoms with van der Waals surface area (Å²) in [6.07, 6.45) is 8.69. The van der Waals surface area contributed by atoms with Crippen LogP contribution < -0.4 is 0 Å². The SMILES string of the molecule is Cn1c(Br)cnc1C1CCCCC1. The molecule has 0 unspecified atom stereocenters. The maximum Gasteiger partial charge on any atom is 0.112 e. The predicted molar refractivity (Wildman–Crippen MR) is 56.7 cm³/mol. The molecule has 1 heterocycles. The van der Waals surface area contributed by atoms with Crippen LogP contribution in [-0.4, -0.2) is 9.55 Å². The van der Waals surface area contributed by atoms with E-state index < -0.39 is 0 Å². The first kappa shape index (κ1) is 9.25. The van der Waals surface area contributed by atoms with E-state index in [1.54, 1.807) is 0 Å². The summed E-state index contributed by atoms with van der Waals surface area (Å²) in [4.78, 5) is 4.46. The largest absolute Gasteiger partial charge is 0.326 e. The molecule has 1 aliphatic carbocycles. The fourth-order valence-corrected chi connectivity index (χ4v) is 2.43. The number of hydrogen-bond acceptors (Lipinski definition) is 1. The molecule has 0 N–H and O–H groups in total. The number of rotatable bonds is 1. The van der Waals surface area contributed by atoms with Crippen molar-refractivity contribution in [2.75, 3.05) is 0 Å². The highest BCUT2D eigenvalue weighted by molar-refractivity contribution is 9.10. The van der Waals surface area contributed by atoms with Gasteiger partial charge in [-0.25, -0.2) is 4.98 Å². The Balaban J connectivity index is 2.18. The number of halogens is 1. The van der Waals surface area contributed by atoms with Crippen LogP contribution in [0, 0.1) is 0 Å². The maximum absolute atomic E-state index is 4.46. The Bertz CT molecular complexity index is 287. The average Bonchev–Trinajstić information content (AvgIpc) is 2.49. The Morgan fingerprint density at radius 1 is 1.38 bits per heavy atom. The Morgan fingerprint density at radius 3 is 2.62 bits per heavy atom. The number of imidazole rings is 1. The molecule has 3 heteroatoms. The molecule has 0 radical (unpaired) electrons. The van der Waals surface area contributed by atoms with E-state index in [9.17, 15) is 0 Å². The lowest BCUT2D eigenvalue weighted by atomic mass is 9.89. The average molecular weight is 243 g/mol. The van der Waals surface area contributed by atoms with Gasteiger partial charge in [0.1, 0.15) is 10.4 Å². The molecule has 0 spiro atoms. The topological polar surface area (TPSA) is 17.8 Å². The highest BCUT2D eigenvalue weighted by atomic mass is 79.9. The van der Waals surface area contributed by atoms with E-state index in [0.717, 1.165) is 4.60 Å². The highest BCUT2D eigenvalue weighted by Crippen LogP contribution is 2.32. The van der Waals surface area contributed by atoms with Gasteiger partial charge >= 0.3 is 0 Å². The second kappa shape index (κ2) is 3.82. The smallest absolute Gasteiger partial charge is 0.112 e. The molecular weight excluding hydrogens is 228 g/mol. The van der Waals surface area contributed by atoms with Gasteiger partial charge in [-0.2, -0.15) is 0 Å². The number of hydrogen-bond donors (Lipinski definition) is 0. The molecule has 0 atom stereocenters. The molecule has 0 saturated heterocycles. The Labute approximate surface area is 87.5 Å². The van der Waals surface area contributed by atoms with Crippen molar-refractivity contribution >= 4 is 15.9 Å². The quantitative estimate of drug-likeness (QED) is 0.740. The summed E-state index contributed by atoms with van der Waals surface area (Å²) >= 11 is 3.48. The first-order valence-electron chi connectivity index (χ1n) is 4.96. The third-order valence-corrected chi connectivity index (χ3v) is 3.67. The van der Waals surface area contributed by atoms with Crippen molar-refractivity contribution < 1.29 is 0 Å². The molecule has 72 valence electrons. The Kier molecular flexibility index (Phi) is 2.72. The maximum atomic E-state index is 4.46. The van der Waals surface area contributed by atoms with Crippen LogP contribution in [0.1, 0.15) is 43.8 Å². The lowest BCUT2D eigenvalue weighted by Crippen LogP contribution is -2.10. The van der Waals surface area contributed by atoms with E-state index in [0.29, 0.717) is 5.92 Å². The zero-order valence-corrected chi connectivity index (χ0v) is 9.55. The molecule has 1 aromatic heterocycles. The molecule has 0 aromatic carbocycles. The molecule has 2 nitrogen and oxygen atoms in total. The summed E-state index contributed by atoms with van der Waals surface area (Å²) in [6, 6.07) is 0. The lowest BCUT2D eigenvalue weighted by Gasteiger charge is -2.21. The Morgan fingerprint density at radius 2 is 2.08 bits per heavy atom. The van der Waals surface area contributed by atoms with Crippen LogP contribution in [0.25, 0.3) is 0 Å². The van der Waals surface area contributed by atoms with Crippen LogP contribution in [-0.2, 0) is 7.05 Å². The van der Waals surface area contributed by atoms with Gasteiger partial charge in [0.05, 0.1) is 6.20 Å². The minimum Gasteiger partial charge on any atom is -0.326 e. The van der Waals surface area contributed by atoms with E-state index in [1.807, 2.05) is 6.20 Å². The van der Waals surface area contributed by atoms with Crippen LogP contribution in [0.3, 0.4) is 0 Å². The summed E-state index contributed by atoms with van der Waals surface area (Å²) in [5.41, 5.74) is 0. The van der Waals surface area contributed by atoms with Crippen molar-refractivity contribution in [3.63, 3.8) is 0 Å². The van der Waals surface area contributed by atoms with Crippen molar-refractivity contribution in [2.24, 2.45) is 7.05 Å². The molecule has 2 rings (SSSR count). The van der Waals surface area contributed by atoms with E-state index in [1.165, 1.54) is 37.9 Å². The second-order valence-corrected chi connectivity index (χ2v) is 4.65. The van der Waals surface area contributed by atoms with E-state index in [-0.39, 0.29) is 0 Å². The standard InChI is InChI=1S/C10H15BrN2/c1-13-9(11)7-12-10(13)8-5-3-2-4-6-8/h7-8H,2-6H2,1H3.